The lowest BCUT2D eigenvalue weighted by molar-refractivity contribution is -0.127. The standard InChI is InChI=1S/C24H24BrN3O4/c25-18-7-3-6-17(14-18)15-21-24(31)28(19-8-1-2-9-20(19)32-21)16-22(29)26-11-5-13-27-12-4-10-23(27)30/h1-3,6-9,14-15H,4-5,10-13,16H2,(H,26,29). The van der Waals surface area contributed by atoms with Crippen LogP contribution in [0, 0.1) is 0 Å². The number of nitrogens with one attached hydrogen (secondary N) is 1. The van der Waals surface area contributed by atoms with Crippen molar-refractivity contribution >= 4 is 45.4 Å². The molecule has 2 heterocycles. The van der Waals surface area contributed by atoms with Crippen LogP contribution in [0.25, 0.3) is 6.08 Å². The van der Waals surface area contributed by atoms with Gasteiger partial charge in [0, 0.05) is 30.5 Å². The highest BCUT2D eigenvalue weighted by Crippen LogP contribution is 2.35. The molecule has 2 aromatic rings. The van der Waals surface area contributed by atoms with Crippen molar-refractivity contribution in [1.82, 2.24) is 10.2 Å². The molecule has 2 aromatic carbocycles. The third kappa shape index (κ3) is 5.19. The summed E-state index contributed by atoms with van der Waals surface area (Å²) in [6, 6.07) is 14.7. The Hall–Kier alpha value is -3.13. The van der Waals surface area contributed by atoms with Crippen molar-refractivity contribution < 1.29 is 19.1 Å². The quantitative estimate of drug-likeness (QED) is 0.469. The summed E-state index contributed by atoms with van der Waals surface area (Å²) < 4.78 is 6.74. The normalized spacial score (nSPS) is 16.8. The number of fused-ring (bicyclic) bond motifs is 1. The van der Waals surface area contributed by atoms with Crippen molar-refractivity contribution in [2.24, 2.45) is 0 Å². The first-order chi connectivity index (χ1) is 15.5. The molecule has 1 saturated heterocycles. The van der Waals surface area contributed by atoms with E-state index in [0.717, 1.165) is 23.0 Å². The van der Waals surface area contributed by atoms with Crippen LogP contribution in [0.2, 0.25) is 0 Å². The Morgan fingerprint density at radius 1 is 1.16 bits per heavy atom. The molecule has 0 atom stereocenters. The Kier molecular flexibility index (Phi) is 6.90. The van der Waals surface area contributed by atoms with Gasteiger partial charge in [-0.1, -0.05) is 40.2 Å². The Morgan fingerprint density at radius 2 is 2.00 bits per heavy atom. The molecule has 1 N–H and O–H groups in total. The molecular weight excluding hydrogens is 474 g/mol. The lowest BCUT2D eigenvalue weighted by Gasteiger charge is -2.30. The number of carbonyl (C=O) groups is 3. The van der Waals surface area contributed by atoms with E-state index < -0.39 is 0 Å². The van der Waals surface area contributed by atoms with Gasteiger partial charge in [0.05, 0.1) is 5.69 Å². The summed E-state index contributed by atoms with van der Waals surface area (Å²) in [5.41, 5.74) is 1.37. The fraction of sp³-hybridized carbons (Fsp3) is 0.292. The van der Waals surface area contributed by atoms with Gasteiger partial charge in [-0.15, -0.1) is 0 Å². The van der Waals surface area contributed by atoms with Crippen molar-refractivity contribution in [2.75, 3.05) is 31.1 Å². The summed E-state index contributed by atoms with van der Waals surface area (Å²) in [6.07, 6.45) is 3.86. The van der Waals surface area contributed by atoms with E-state index >= 15 is 0 Å². The number of anilines is 1. The zero-order valence-electron chi connectivity index (χ0n) is 17.6. The van der Waals surface area contributed by atoms with E-state index in [1.807, 2.05) is 35.2 Å². The second-order valence-corrected chi connectivity index (χ2v) is 8.63. The molecule has 0 saturated carbocycles. The predicted octanol–water partition coefficient (Wildman–Crippen LogP) is 3.34. The number of carbonyl (C=O) groups excluding carboxylic acids is 3. The lowest BCUT2D eigenvalue weighted by atomic mass is 10.1. The number of hydrogen-bond donors (Lipinski definition) is 1. The Bertz CT molecular complexity index is 1070. The molecule has 2 aliphatic rings. The first kappa shape index (κ1) is 22.1. The van der Waals surface area contributed by atoms with Crippen molar-refractivity contribution in [2.45, 2.75) is 19.3 Å². The number of rotatable bonds is 7. The molecule has 0 unspecified atom stereocenters. The second-order valence-electron chi connectivity index (χ2n) is 7.71. The van der Waals surface area contributed by atoms with Crippen LogP contribution in [0.4, 0.5) is 5.69 Å². The minimum Gasteiger partial charge on any atom is -0.449 e. The highest BCUT2D eigenvalue weighted by molar-refractivity contribution is 9.10. The SMILES string of the molecule is O=C(CN1C(=O)C(=Cc2cccc(Br)c2)Oc2ccccc21)NCCCN1CCCC1=O. The van der Waals surface area contributed by atoms with Crippen LogP contribution in [-0.4, -0.2) is 48.8 Å². The topological polar surface area (TPSA) is 79.0 Å². The Labute approximate surface area is 195 Å². The number of ether oxygens (including phenoxy) is 1. The summed E-state index contributed by atoms with van der Waals surface area (Å²) in [4.78, 5) is 40.7. The molecule has 0 aromatic heterocycles. The minimum absolute atomic E-state index is 0.113. The fourth-order valence-electron chi connectivity index (χ4n) is 3.80. The third-order valence-corrected chi connectivity index (χ3v) is 5.87. The molecule has 1 fully saturated rings. The average molecular weight is 498 g/mol. The van der Waals surface area contributed by atoms with Crippen molar-refractivity contribution in [3.63, 3.8) is 0 Å². The van der Waals surface area contributed by atoms with Crippen LogP contribution in [0.3, 0.4) is 0 Å². The number of amides is 3. The number of nitrogens with zero attached hydrogens (tertiary/aromatic N) is 2. The van der Waals surface area contributed by atoms with Crippen LogP contribution < -0.4 is 15.0 Å². The van der Waals surface area contributed by atoms with Crippen LogP contribution >= 0.6 is 15.9 Å². The highest BCUT2D eigenvalue weighted by Gasteiger charge is 2.31. The van der Waals surface area contributed by atoms with Gasteiger partial charge in [0.2, 0.25) is 11.8 Å². The summed E-state index contributed by atoms with van der Waals surface area (Å²) in [6.45, 7) is 1.76. The molecule has 32 heavy (non-hydrogen) atoms. The minimum atomic E-state index is -0.374. The second kappa shape index (κ2) is 9.99. The van der Waals surface area contributed by atoms with Crippen molar-refractivity contribution in [3.8, 4) is 5.75 Å². The van der Waals surface area contributed by atoms with Crippen molar-refractivity contribution in [1.29, 1.82) is 0 Å². The van der Waals surface area contributed by atoms with Crippen molar-refractivity contribution in [3.05, 3.63) is 64.3 Å². The van der Waals surface area contributed by atoms with Crippen LogP contribution in [0.1, 0.15) is 24.8 Å². The van der Waals surface area contributed by atoms with Gasteiger partial charge in [0.25, 0.3) is 5.91 Å². The summed E-state index contributed by atoms with van der Waals surface area (Å²) >= 11 is 3.43. The van der Waals surface area contributed by atoms with Gasteiger partial charge in [-0.2, -0.15) is 0 Å². The van der Waals surface area contributed by atoms with Gasteiger partial charge >= 0.3 is 0 Å². The number of para-hydroxylation sites is 2. The van der Waals surface area contributed by atoms with E-state index in [2.05, 4.69) is 21.2 Å². The monoisotopic (exact) mass is 497 g/mol. The van der Waals surface area contributed by atoms with Gasteiger partial charge in [-0.05, 0) is 48.7 Å². The van der Waals surface area contributed by atoms with Crippen LogP contribution in [0.5, 0.6) is 5.75 Å². The van der Waals surface area contributed by atoms with E-state index in [9.17, 15) is 14.4 Å². The summed E-state index contributed by atoms with van der Waals surface area (Å²) in [7, 11) is 0. The average Bonchev–Trinajstić information content (AvgIpc) is 3.19. The highest BCUT2D eigenvalue weighted by atomic mass is 79.9. The van der Waals surface area contributed by atoms with Gasteiger partial charge in [0.1, 0.15) is 6.54 Å². The maximum atomic E-state index is 13.1. The maximum absolute atomic E-state index is 13.1. The van der Waals surface area contributed by atoms with Gasteiger partial charge in [-0.25, -0.2) is 0 Å². The molecule has 4 rings (SSSR count). The molecule has 166 valence electrons. The maximum Gasteiger partial charge on any atom is 0.294 e. The summed E-state index contributed by atoms with van der Waals surface area (Å²) in [5.74, 6) is 0.221. The number of halogens is 1. The fourth-order valence-corrected chi connectivity index (χ4v) is 4.22. The van der Waals surface area contributed by atoms with Gasteiger partial charge in [-0.3, -0.25) is 19.3 Å². The van der Waals surface area contributed by atoms with E-state index in [0.29, 0.717) is 37.4 Å². The number of likely N-dealkylation sites (tertiary alicyclic amines) is 1. The predicted molar refractivity (Wildman–Crippen MR) is 125 cm³/mol. The molecular formula is C24H24BrN3O4. The van der Waals surface area contributed by atoms with E-state index in [4.69, 9.17) is 4.74 Å². The van der Waals surface area contributed by atoms with Gasteiger partial charge in [0.15, 0.2) is 11.5 Å². The Morgan fingerprint density at radius 3 is 2.78 bits per heavy atom. The largest absolute Gasteiger partial charge is 0.449 e. The first-order valence-corrected chi connectivity index (χ1v) is 11.4. The number of benzene rings is 2. The zero-order chi connectivity index (χ0) is 22.5. The smallest absolute Gasteiger partial charge is 0.294 e. The third-order valence-electron chi connectivity index (χ3n) is 5.38. The Balaban J connectivity index is 1.42. The van der Waals surface area contributed by atoms with Gasteiger partial charge < -0.3 is 15.0 Å². The molecule has 7 nitrogen and oxygen atoms in total. The lowest BCUT2D eigenvalue weighted by Crippen LogP contribution is -2.44. The molecule has 3 amide bonds. The van der Waals surface area contributed by atoms with Crippen LogP contribution in [0.15, 0.2) is 58.8 Å². The van der Waals surface area contributed by atoms with Crippen LogP contribution in [-0.2, 0) is 14.4 Å². The zero-order valence-corrected chi connectivity index (χ0v) is 19.1. The molecule has 0 bridgehead atoms. The van der Waals surface area contributed by atoms with E-state index in [1.54, 1.807) is 24.3 Å². The first-order valence-electron chi connectivity index (χ1n) is 10.6. The molecule has 0 radical (unpaired) electrons. The van der Waals surface area contributed by atoms with E-state index in [1.165, 1.54) is 4.90 Å². The molecule has 0 aliphatic carbocycles. The summed E-state index contributed by atoms with van der Waals surface area (Å²) in [5, 5.41) is 2.85. The molecule has 2 aliphatic heterocycles. The molecule has 8 heteroatoms. The number of hydrogen-bond acceptors (Lipinski definition) is 4. The van der Waals surface area contributed by atoms with E-state index in [-0.39, 0.29) is 30.0 Å². The molecule has 0 spiro atoms.